The minimum atomic E-state index is 0.0792. The van der Waals surface area contributed by atoms with E-state index in [1.54, 1.807) is 9.13 Å². The quantitative estimate of drug-likeness (QED) is 0.829. The van der Waals surface area contributed by atoms with Gasteiger partial charge in [-0.3, -0.25) is 9.13 Å². The van der Waals surface area contributed by atoms with Crippen LogP contribution in [0.15, 0.2) is 35.4 Å². The number of rotatable bonds is 3. The molecule has 0 radical (unpaired) electrons. The number of benzene rings is 1. The van der Waals surface area contributed by atoms with E-state index in [0.29, 0.717) is 6.54 Å². The fourth-order valence-corrected chi connectivity index (χ4v) is 2.86. The summed E-state index contributed by atoms with van der Waals surface area (Å²) >= 11 is 0. The Kier molecular flexibility index (Phi) is 3.05. The van der Waals surface area contributed by atoms with Gasteiger partial charge in [0, 0.05) is 18.4 Å². The molecule has 19 heavy (non-hydrogen) atoms. The Morgan fingerprint density at radius 1 is 1.16 bits per heavy atom. The molecule has 1 aliphatic carbocycles. The van der Waals surface area contributed by atoms with Gasteiger partial charge in [-0.1, -0.05) is 18.2 Å². The highest BCUT2D eigenvalue weighted by atomic mass is 16.1. The van der Waals surface area contributed by atoms with Gasteiger partial charge in [-0.25, -0.2) is 4.79 Å². The largest absolute Gasteiger partial charge is 0.328 e. The Morgan fingerprint density at radius 3 is 2.68 bits per heavy atom. The number of imidazole rings is 1. The van der Waals surface area contributed by atoms with Gasteiger partial charge in [-0.15, -0.1) is 0 Å². The standard InChI is InChI=1S/C16H20N2O/c1-12(2)18-9-8-17(16(18)19)11-13-6-7-14-4-3-5-15(14)10-13/h6-10,12H,3-5,11H2,1-2H3. The first-order chi connectivity index (χ1) is 9.15. The van der Waals surface area contributed by atoms with Crippen molar-refractivity contribution in [2.45, 2.75) is 45.7 Å². The Balaban J connectivity index is 1.87. The van der Waals surface area contributed by atoms with Gasteiger partial charge in [0.25, 0.3) is 0 Å². The van der Waals surface area contributed by atoms with Crippen LogP contribution in [0.2, 0.25) is 0 Å². The molecule has 0 atom stereocenters. The maximum absolute atomic E-state index is 12.2. The zero-order valence-electron chi connectivity index (χ0n) is 11.6. The van der Waals surface area contributed by atoms with E-state index < -0.39 is 0 Å². The highest BCUT2D eigenvalue weighted by molar-refractivity contribution is 5.35. The molecule has 0 unspecified atom stereocenters. The fraction of sp³-hybridized carbons (Fsp3) is 0.438. The topological polar surface area (TPSA) is 26.9 Å². The third kappa shape index (κ3) is 2.25. The van der Waals surface area contributed by atoms with Gasteiger partial charge in [0.2, 0.25) is 0 Å². The summed E-state index contributed by atoms with van der Waals surface area (Å²) < 4.78 is 3.56. The van der Waals surface area contributed by atoms with E-state index in [1.165, 1.54) is 36.0 Å². The Hall–Kier alpha value is -1.77. The number of hydrogen-bond acceptors (Lipinski definition) is 1. The van der Waals surface area contributed by atoms with Gasteiger partial charge in [-0.2, -0.15) is 0 Å². The van der Waals surface area contributed by atoms with Gasteiger partial charge in [0.15, 0.2) is 0 Å². The third-order valence-electron chi connectivity index (χ3n) is 3.95. The molecule has 3 heteroatoms. The lowest BCUT2D eigenvalue weighted by Crippen LogP contribution is -2.25. The molecule has 100 valence electrons. The number of nitrogens with zero attached hydrogens (tertiary/aromatic N) is 2. The minimum Gasteiger partial charge on any atom is -0.297 e. The average molecular weight is 256 g/mol. The highest BCUT2D eigenvalue weighted by Gasteiger charge is 2.12. The van der Waals surface area contributed by atoms with Crippen LogP contribution in [-0.2, 0) is 19.4 Å². The Morgan fingerprint density at radius 2 is 1.95 bits per heavy atom. The molecule has 0 bridgehead atoms. The van der Waals surface area contributed by atoms with Crippen molar-refractivity contribution in [1.29, 1.82) is 0 Å². The lowest BCUT2D eigenvalue weighted by molar-refractivity contribution is 0.561. The van der Waals surface area contributed by atoms with Crippen molar-refractivity contribution in [3.63, 3.8) is 0 Å². The predicted octanol–water partition coefficient (Wildman–Crippen LogP) is 2.77. The molecule has 0 amide bonds. The predicted molar refractivity (Wildman–Crippen MR) is 76.6 cm³/mol. The number of hydrogen-bond donors (Lipinski definition) is 0. The van der Waals surface area contributed by atoms with Gasteiger partial charge >= 0.3 is 5.69 Å². The second kappa shape index (κ2) is 4.72. The van der Waals surface area contributed by atoms with Crippen LogP contribution < -0.4 is 5.69 Å². The van der Waals surface area contributed by atoms with E-state index in [1.807, 2.05) is 26.2 Å². The molecule has 0 spiro atoms. The van der Waals surface area contributed by atoms with Gasteiger partial charge in [0.1, 0.15) is 0 Å². The summed E-state index contributed by atoms with van der Waals surface area (Å²) in [7, 11) is 0. The lowest BCUT2D eigenvalue weighted by Gasteiger charge is -2.07. The number of aryl methyl sites for hydroxylation is 2. The molecule has 0 N–H and O–H groups in total. The first-order valence-electron chi connectivity index (χ1n) is 7.03. The van der Waals surface area contributed by atoms with Gasteiger partial charge in [-0.05, 0) is 49.8 Å². The van der Waals surface area contributed by atoms with Gasteiger partial charge in [0.05, 0.1) is 6.54 Å². The summed E-state index contributed by atoms with van der Waals surface area (Å²) in [5.41, 5.74) is 4.25. The maximum Gasteiger partial charge on any atom is 0.328 e. The molecule has 0 saturated carbocycles. The molecule has 1 aliphatic rings. The molecule has 1 heterocycles. The van der Waals surface area contributed by atoms with Crippen LogP contribution in [0.3, 0.4) is 0 Å². The summed E-state index contributed by atoms with van der Waals surface area (Å²) in [5, 5.41) is 0. The van der Waals surface area contributed by atoms with E-state index in [0.717, 1.165) is 0 Å². The second-order valence-electron chi connectivity index (χ2n) is 5.67. The first-order valence-corrected chi connectivity index (χ1v) is 7.03. The summed E-state index contributed by atoms with van der Waals surface area (Å²) in [4.78, 5) is 12.2. The van der Waals surface area contributed by atoms with Crippen LogP contribution in [0.5, 0.6) is 0 Å². The lowest BCUT2D eigenvalue weighted by atomic mass is 10.1. The van der Waals surface area contributed by atoms with Crippen LogP contribution in [0.1, 0.15) is 43.0 Å². The molecule has 0 saturated heterocycles. The minimum absolute atomic E-state index is 0.0792. The van der Waals surface area contributed by atoms with Crippen molar-refractivity contribution in [2.75, 3.05) is 0 Å². The summed E-state index contributed by atoms with van der Waals surface area (Å²) in [5.74, 6) is 0. The van der Waals surface area contributed by atoms with Crippen LogP contribution in [0.4, 0.5) is 0 Å². The molecule has 2 aromatic rings. The molecule has 1 aromatic heterocycles. The molecular formula is C16H20N2O. The molecule has 1 aromatic carbocycles. The zero-order valence-corrected chi connectivity index (χ0v) is 11.6. The molecule has 0 fully saturated rings. The number of aromatic nitrogens is 2. The van der Waals surface area contributed by atoms with Crippen molar-refractivity contribution in [3.05, 3.63) is 57.8 Å². The van der Waals surface area contributed by atoms with Crippen molar-refractivity contribution < 1.29 is 0 Å². The summed E-state index contributed by atoms with van der Waals surface area (Å²) in [6, 6.07) is 6.86. The summed E-state index contributed by atoms with van der Waals surface area (Å²) in [6.45, 7) is 4.73. The fourth-order valence-electron chi connectivity index (χ4n) is 2.86. The van der Waals surface area contributed by atoms with Crippen LogP contribution in [0, 0.1) is 0 Å². The van der Waals surface area contributed by atoms with Crippen LogP contribution in [0.25, 0.3) is 0 Å². The van der Waals surface area contributed by atoms with Crippen molar-refractivity contribution in [2.24, 2.45) is 0 Å². The Bertz CT molecular complexity index is 649. The van der Waals surface area contributed by atoms with E-state index in [-0.39, 0.29) is 11.7 Å². The average Bonchev–Trinajstić information content (AvgIpc) is 2.96. The van der Waals surface area contributed by atoms with E-state index >= 15 is 0 Å². The first kappa shape index (κ1) is 12.3. The van der Waals surface area contributed by atoms with Crippen LogP contribution >= 0.6 is 0 Å². The molecule has 0 aliphatic heterocycles. The molecular weight excluding hydrogens is 236 g/mol. The number of fused-ring (bicyclic) bond motifs is 1. The van der Waals surface area contributed by atoms with E-state index in [9.17, 15) is 4.79 Å². The van der Waals surface area contributed by atoms with E-state index in [2.05, 4.69) is 18.2 Å². The third-order valence-corrected chi connectivity index (χ3v) is 3.95. The second-order valence-corrected chi connectivity index (χ2v) is 5.67. The summed E-state index contributed by atoms with van der Waals surface area (Å²) in [6.07, 6.45) is 7.42. The van der Waals surface area contributed by atoms with Gasteiger partial charge < -0.3 is 0 Å². The monoisotopic (exact) mass is 256 g/mol. The Labute approximate surface area is 113 Å². The normalized spacial score (nSPS) is 14.1. The van der Waals surface area contributed by atoms with Crippen molar-refractivity contribution in [1.82, 2.24) is 9.13 Å². The zero-order chi connectivity index (χ0) is 13.4. The van der Waals surface area contributed by atoms with Crippen LogP contribution in [-0.4, -0.2) is 9.13 Å². The maximum atomic E-state index is 12.2. The molecule has 3 rings (SSSR count). The highest BCUT2D eigenvalue weighted by Crippen LogP contribution is 2.23. The SMILES string of the molecule is CC(C)n1ccn(Cc2ccc3c(c2)CCC3)c1=O. The molecule has 3 nitrogen and oxygen atoms in total. The smallest absolute Gasteiger partial charge is 0.297 e. The van der Waals surface area contributed by atoms with Crippen molar-refractivity contribution in [3.8, 4) is 0 Å². The van der Waals surface area contributed by atoms with E-state index in [4.69, 9.17) is 0 Å². The van der Waals surface area contributed by atoms with Crippen molar-refractivity contribution >= 4 is 0 Å².